The molecule has 140 valence electrons. The van der Waals surface area contributed by atoms with E-state index in [4.69, 9.17) is 5.10 Å². The first-order valence-electron chi connectivity index (χ1n) is 8.92. The summed E-state index contributed by atoms with van der Waals surface area (Å²) in [7, 11) is 0. The highest BCUT2D eigenvalue weighted by Crippen LogP contribution is 2.27. The van der Waals surface area contributed by atoms with Crippen LogP contribution >= 0.6 is 0 Å². The summed E-state index contributed by atoms with van der Waals surface area (Å²) in [5.74, 6) is 1.80. The van der Waals surface area contributed by atoms with Crippen LogP contribution in [0.15, 0.2) is 84.9 Å². The number of nitrogens with zero attached hydrogens (tertiary/aromatic N) is 6. The van der Waals surface area contributed by atoms with Crippen molar-refractivity contribution in [3.8, 4) is 28.5 Å². The van der Waals surface area contributed by atoms with Gasteiger partial charge in [0.25, 0.3) is 11.5 Å². The number of hydrogen-bond donors (Lipinski definition) is 0. The Bertz CT molecular complexity index is 1310. The van der Waals surface area contributed by atoms with Gasteiger partial charge in [0.05, 0.1) is 10.6 Å². The molecule has 0 spiro atoms. The summed E-state index contributed by atoms with van der Waals surface area (Å²) in [6, 6.07) is 25.9. The number of aromatic nitrogens is 5. The van der Waals surface area contributed by atoms with Crippen LogP contribution in [0.1, 0.15) is 0 Å². The Hall–Kier alpha value is -4.33. The third-order valence-electron chi connectivity index (χ3n) is 4.61. The number of fused-ring (bicyclic) bond motifs is 1. The summed E-state index contributed by atoms with van der Waals surface area (Å²) >= 11 is 0. The van der Waals surface area contributed by atoms with E-state index in [0.717, 1.165) is 17.1 Å². The van der Waals surface area contributed by atoms with Crippen molar-refractivity contribution in [2.75, 3.05) is 0 Å². The zero-order valence-electron chi connectivity index (χ0n) is 15.1. The second-order valence-electron chi connectivity index (χ2n) is 6.40. The van der Waals surface area contributed by atoms with Gasteiger partial charge < -0.3 is 0 Å². The van der Waals surface area contributed by atoms with Gasteiger partial charge in [0.2, 0.25) is 0 Å². The molecule has 0 N–H and O–H groups in total. The lowest BCUT2D eigenvalue weighted by atomic mass is 10.2. The van der Waals surface area contributed by atoms with E-state index >= 15 is 0 Å². The molecule has 5 rings (SSSR count). The number of nitro groups is 1. The number of para-hydroxylation sites is 1. The van der Waals surface area contributed by atoms with Gasteiger partial charge >= 0.3 is 0 Å². The largest absolute Gasteiger partial charge is 0.269 e. The standard InChI is InChI=1S/C21H14N6O2/c28-27(29)18-13-11-16(12-14-18)19-22-23-21-25(17-9-5-2-6-10-17)20(24-26(19)21)15-7-3-1-4-8-15/h1-14H. The number of rotatable bonds is 4. The fraction of sp³-hybridized carbons (Fsp3) is 0. The highest BCUT2D eigenvalue weighted by Gasteiger charge is 2.20. The number of non-ortho nitro benzene ring substituents is 1. The van der Waals surface area contributed by atoms with E-state index in [0.29, 0.717) is 17.2 Å². The molecule has 0 aliphatic rings. The third kappa shape index (κ3) is 2.83. The van der Waals surface area contributed by atoms with Gasteiger partial charge in [-0.3, -0.25) is 14.7 Å². The van der Waals surface area contributed by atoms with Crippen LogP contribution in [-0.4, -0.2) is 29.3 Å². The monoisotopic (exact) mass is 382 g/mol. The summed E-state index contributed by atoms with van der Waals surface area (Å²) in [5, 5.41) is 24.3. The maximum absolute atomic E-state index is 10.9. The van der Waals surface area contributed by atoms with E-state index < -0.39 is 4.92 Å². The lowest BCUT2D eigenvalue weighted by Crippen LogP contribution is -1.98. The van der Waals surface area contributed by atoms with Crippen molar-refractivity contribution >= 4 is 11.5 Å². The predicted molar refractivity (Wildman–Crippen MR) is 108 cm³/mol. The molecule has 0 unspecified atom stereocenters. The summed E-state index contributed by atoms with van der Waals surface area (Å²) in [6.45, 7) is 0. The van der Waals surface area contributed by atoms with E-state index in [-0.39, 0.29) is 5.69 Å². The molecule has 0 radical (unpaired) electrons. The van der Waals surface area contributed by atoms with Crippen molar-refractivity contribution in [3.05, 3.63) is 95.0 Å². The molecule has 0 atom stereocenters. The first kappa shape index (κ1) is 16.8. The van der Waals surface area contributed by atoms with Gasteiger partial charge in [-0.25, -0.2) is 0 Å². The second-order valence-corrected chi connectivity index (χ2v) is 6.40. The first-order valence-corrected chi connectivity index (χ1v) is 8.92. The topological polar surface area (TPSA) is 91.1 Å². The van der Waals surface area contributed by atoms with Gasteiger partial charge in [-0.05, 0) is 24.3 Å². The minimum absolute atomic E-state index is 0.0225. The van der Waals surface area contributed by atoms with E-state index in [9.17, 15) is 10.1 Å². The number of benzene rings is 3. The van der Waals surface area contributed by atoms with Crippen molar-refractivity contribution in [2.24, 2.45) is 0 Å². The average molecular weight is 382 g/mol. The Morgan fingerprint density at radius 2 is 1.34 bits per heavy atom. The molecule has 8 heteroatoms. The van der Waals surface area contributed by atoms with E-state index in [1.54, 1.807) is 16.6 Å². The fourth-order valence-corrected chi connectivity index (χ4v) is 3.24. The summed E-state index contributed by atoms with van der Waals surface area (Å²) in [4.78, 5) is 10.5. The zero-order valence-corrected chi connectivity index (χ0v) is 15.1. The predicted octanol–water partition coefficient (Wildman–Crippen LogP) is 4.16. The highest BCUT2D eigenvalue weighted by atomic mass is 16.6. The minimum Gasteiger partial charge on any atom is -0.259 e. The quantitative estimate of drug-likeness (QED) is 0.344. The molecule has 0 fully saturated rings. The normalized spacial score (nSPS) is 11.0. The van der Waals surface area contributed by atoms with Crippen LogP contribution < -0.4 is 0 Å². The van der Waals surface area contributed by atoms with Crippen LogP contribution in [0.2, 0.25) is 0 Å². The molecule has 2 aromatic heterocycles. The second kappa shape index (κ2) is 6.68. The highest BCUT2D eigenvalue weighted by molar-refractivity contribution is 5.66. The van der Waals surface area contributed by atoms with Crippen LogP contribution in [0.5, 0.6) is 0 Å². The molecule has 0 saturated heterocycles. The molecule has 3 aromatic carbocycles. The fourth-order valence-electron chi connectivity index (χ4n) is 3.24. The Morgan fingerprint density at radius 1 is 0.724 bits per heavy atom. The summed E-state index contributed by atoms with van der Waals surface area (Å²) in [5.41, 5.74) is 2.57. The molecule has 0 bridgehead atoms. The van der Waals surface area contributed by atoms with Crippen LogP contribution in [0.3, 0.4) is 0 Å². The lowest BCUT2D eigenvalue weighted by molar-refractivity contribution is -0.384. The maximum Gasteiger partial charge on any atom is 0.269 e. The Kier molecular flexibility index (Phi) is 3.87. The lowest BCUT2D eigenvalue weighted by Gasteiger charge is -2.06. The summed E-state index contributed by atoms with van der Waals surface area (Å²) in [6.07, 6.45) is 0. The van der Waals surface area contributed by atoms with Gasteiger partial charge in [0.15, 0.2) is 11.6 Å². The van der Waals surface area contributed by atoms with Crippen molar-refractivity contribution in [1.82, 2.24) is 24.4 Å². The zero-order chi connectivity index (χ0) is 19.8. The Morgan fingerprint density at radius 3 is 2.00 bits per heavy atom. The van der Waals surface area contributed by atoms with Crippen LogP contribution in [0.25, 0.3) is 34.2 Å². The van der Waals surface area contributed by atoms with Gasteiger partial charge in [-0.15, -0.1) is 15.3 Å². The maximum atomic E-state index is 10.9. The molecular formula is C21H14N6O2. The molecule has 2 heterocycles. The van der Waals surface area contributed by atoms with Crippen molar-refractivity contribution in [3.63, 3.8) is 0 Å². The molecule has 29 heavy (non-hydrogen) atoms. The Balaban J connectivity index is 1.74. The Labute approximate surface area is 164 Å². The molecule has 0 aliphatic heterocycles. The van der Waals surface area contributed by atoms with Gasteiger partial charge in [0.1, 0.15) is 0 Å². The van der Waals surface area contributed by atoms with E-state index in [2.05, 4.69) is 10.2 Å². The van der Waals surface area contributed by atoms with E-state index in [1.165, 1.54) is 12.1 Å². The van der Waals surface area contributed by atoms with Crippen LogP contribution in [0.4, 0.5) is 5.69 Å². The van der Waals surface area contributed by atoms with Crippen molar-refractivity contribution in [1.29, 1.82) is 0 Å². The van der Waals surface area contributed by atoms with Crippen molar-refractivity contribution in [2.45, 2.75) is 0 Å². The smallest absolute Gasteiger partial charge is 0.259 e. The molecule has 8 nitrogen and oxygen atoms in total. The van der Waals surface area contributed by atoms with E-state index in [1.807, 2.05) is 65.2 Å². The minimum atomic E-state index is -0.430. The molecule has 0 saturated carbocycles. The van der Waals surface area contributed by atoms with Gasteiger partial charge in [-0.1, -0.05) is 48.5 Å². The molecule has 0 amide bonds. The van der Waals surface area contributed by atoms with Gasteiger partial charge in [-0.2, -0.15) is 4.52 Å². The first-order chi connectivity index (χ1) is 14.2. The molecule has 0 aliphatic carbocycles. The molecular weight excluding hydrogens is 368 g/mol. The third-order valence-corrected chi connectivity index (χ3v) is 4.61. The van der Waals surface area contributed by atoms with Crippen molar-refractivity contribution < 1.29 is 4.92 Å². The summed E-state index contributed by atoms with van der Waals surface area (Å²) < 4.78 is 3.60. The average Bonchev–Trinajstić information content (AvgIpc) is 3.34. The molecule has 5 aromatic rings. The number of nitro benzene ring substituents is 1. The van der Waals surface area contributed by atoms with Crippen LogP contribution in [0, 0.1) is 10.1 Å². The SMILES string of the molecule is O=[N+]([O-])c1ccc(-c2nnc3n(-c4ccccc4)c(-c4ccccc4)nn23)cc1. The number of hydrogen-bond acceptors (Lipinski definition) is 5. The van der Waals surface area contributed by atoms with Crippen LogP contribution in [-0.2, 0) is 0 Å². The van der Waals surface area contributed by atoms with Gasteiger partial charge in [0, 0.05) is 23.3 Å².